The Labute approximate surface area is 159 Å². The first-order valence-electron chi connectivity index (χ1n) is 9.55. The predicted molar refractivity (Wildman–Crippen MR) is 103 cm³/mol. The van der Waals surface area contributed by atoms with Gasteiger partial charge in [0, 0.05) is 30.1 Å². The summed E-state index contributed by atoms with van der Waals surface area (Å²) in [5.41, 5.74) is 2.61. The van der Waals surface area contributed by atoms with E-state index in [-0.39, 0.29) is 17.7 Å². The third-order valence-electron chi connectivity index (χ3n) is 5.47. The number of aromatic nitrogens is 1. The number of carbonyl (C=O) groups excluding carboxylic acids is 1. The number of phenols is 1. The second kappa shape index (κ2) is 7.56. The van der Waals surface area contributed by atoms with E-state index < -0.39 is 0 Å². The number of phenolic OH excluding ortho intramolecular Hbond substituents is 1. The molecule has 0 spiro atoms. The topological polar surface area (TPSA) is 65.9 Å². The molecule has 1 unspecified atom stereocenters. The highest BCUT2D eigenvalue weighted by molar-refractivity contribution is 5.82. The fraction of sp³-hybridized carbons (Fsp3) is 0.429. The van der Waals surface area contributed by atoms with E-state index in [1.165, 1.54) is 0 Å². The number of hydrogen-bond acceptors (Lipinski definition) is 5. The van der Waals surface area contributed by atoms with E-state index in [0.29, 0.717) is 25.4 Å². The zero-order valence-corrected chi connectivity index (χ0v) is 15.6. The lowest BCUT2D eigenvalue weighted by atomic mass is 10.0. The van der Waals surface area contributed by atoms with Gasteiger partial charge in [-0.1, -0.05) is 6.07 Å². The van der Waals surface area contributed by atoms with Gasteiger partial charge in [-0.15, -0.1) is 0 Å². The number of nitrogens with zero attached hydrogens (tertiary/aromatic N) is 3. The molecule has 3 heterocycles. The van der Waals surface area contributed by atoms with Crippen LogP contribution in [0.25, 0.3) is 11.1 Å². The number of fused-ring (bicyclic) bond motifs is 1. The molecular weight excluding hydrogens is 342 g/mol. The Morgan fingerprint density at radius 2 is 2.04 bits per heavy atom. The standard InChI is InChI=1S/C21H25N3O3/c1-15(23-7-2-3-8-23)21(26)24-9-10-27-20-18(14-24)11-17(12-19(20)25)16-5-4-6-22-13-16/h4-6,11-13,15,25H,2-3,7-10,14H2,1H3. The highest BCUT2D eigenvalue weighted by Gasteiger charge is 2.30. The smallest absolute Gasteiger partial charge is 0.240 e. The maximum absolute atomic E-state index is 13.0. The van der Waals surface area contributed by atoms with Crippen LogP contribution in [0.1, 0.15) is 25.3 Å². The monoisotopic (exact) mass is 367 g/mol. The third kappa shape index (κ3) is 3.62. The first-order valence-corrected chi connectivity index (χ1v) is 9.55. The van der Waals surface area contributed by atoms with E-state index in [1.54, 1.807) is 18.5 Å². The molecule has 4 rings (SSSR count). The number of hydrogen-bond donors (Lipinski definition) is 1. The van der Waals surface area contributed by atoms with Gasteiger partial charge in [0.1, 0.15) is 6.61 Å². The molecule has 1 atom stereocenters. The molecule has 142 valence electrons. The molecule has 1 N–H and O–H groups in total. The quantitative estimate of drug-likeness (QED) is 0.903. The zero-order chi connectivity index (χ0) is 18.8. The summed E-state index contributed by atoms with van der Waals surface area (Å²) < 4.78 is 5.78. The van der Waals surface area contributed by atoms with Gasteiger partial charge in [-0.05, 0) is 56.6 Å². The first kappa shape index (κ1) is 17.8. The Morgan fingerprint density at radius 3 is 2.78 bits per heavy atom. The normalized spacial score (nSPS) is 18.5. The minimum atomic E-state index is -0.121. The van der Waals surface area contributed by atoms with Crippen LogP contribution in [-0.2, 0) is 11.3 Å². The van der Waals surface area contributed by atoms with Crippen LogP contribution in [0.4, 0.5) is 0 Å². The van der Waals surface area contributed by atoms with Gasteiger partial charge in [0.2, 0.25) is 5.91 Å². The van der Waals surface area contributed by atoms with Crippen molar-refractivity contribution in [2.24, 2.45) is 0 Å². The number of aromatic hydroxyl groups is 1. The van der Waals surface area contributed by atoms with Crippen LogP contribution in [0.2, 0.25) is 0 Å². The van der Waals surface area contributed by atoms with Crippen LogP contribution in [0.15, 0.2) is 36.7 Å². The minimum Gasteiger partial charge on any atom is -0.504 e. The summed E-state index contributed by atoms with van der Waals surface area (Å²) in [4.78, 5) is 21.3. The summed E-state index contributed by atoms with van der Waals surface area (Å²) in [6, 6.07) is 7.37. The highest BCUT2D eigenvalue weighted by Crippen LogP contribution is 2.37. The summed E-state index contributed by atoms with van der Waals surface area (Å²) in [6.07, 6.45) is 5.80. The molecule has 1 amide bonds. The molecule has 0 saturated carbocycles. The summed E-state index contributed by atoms with van der Waals surface area (Å²) >= 11 is 0. The Bertz CT molecular complexity index is 819. The van der Waals surface area contributed by atoms with E-state index in [0.717, 1.165) is 42.6 Å². The van der Waals surface area contributed by atoms with Crippen LogP contribution >= 0.6 is 0 Å². The molecule has 2 aliphatic rings. The van der Waals surface area contributed by atoms with E-state index in [2.05, 4.69) is 9.88 Å². The molecule has 1 fully saturated rings. The van der Waals surface area contributed by atoms with Gasteiger partial charge in [-0.2, -0.15) is 0 Å². The summed E-state index contributed by atoms with van der Waals surface area (Å²) in [5.74, 6) is 0.708. The molecule has 0 bridgehead atoms. The van der Waals surface area contributed by atoms with Crippen molar-refractivity contribution in [3.63, 3.8) is 0 Å². The van der Waals surface area contributed by atoms with Crippen molar-refractivity contribution in [2.75, 3.05) is 26.2 Å². The number of rotatable bonds is 3. The molecule has 6 nitrogen and oxygen atoms in total. The number of pyridine rings is 1. The number of carbonyl (C=O) groups is 1. The van der Waals surface area contributed by atoms with E-state index in [1.807, 2.05) is 30.0 Å². The van der Waals surface area contributed by atoms with Crippen LogP contribution < -0.4 is 4.74 Å². The summed E-state index contributed by atoms with van der Waals surface area (Å²) in [5, 5.41) is 10.5. The van der Waals surface area contributed by atoms with Gasteiger partial charge in [-0.25, -0.2) is 0 Å². The molecule has 0 aliphatic carbocycles. The van der Waals surface area contributed by atoms with Crippen molar-refractivity contribution < 1.29 is 14.6 Å². The lowest BCUT2D eigenvalue weighted by molar-refractivity contribution is -0.136. The van der Waals surface area contributed by atoms with Crippen molar-refractivity contribution in [3.05, 3.63) is 42.2 Å². The van der Waals surface area contributed by atoms with E-state index in [9.17, 15) is 9.90 Å². The van der Waals surface area contributed by atoms with Crippen LogP contribution in [-0.4, -0.2) is 58.1 Å². The van der Waals surface area contributed by atoms with Gasteiger partial charge in [0.25, 0.3) is 0 Å². The Balaban J connectivity index is 1.61. The van der Waals surface area contributed by atoms with Crippen LogP contribution in [0.5, 0.6) is 11.5 Å². The number of likely N-dealkylation sites (tertiary alicyclic amines) is 1. The van der Waals surface area contributed by atoms with Crippen molar-refractivity contribution in [2.45, 2.75) is 32.4 Å². The average molecular weight is 367 g/mol. The Morgan fingerprint density at radius 1 is 1.22 bits per heavy atom. The molecule has 27 heavy (non-hydrogen) atoms. The predicted octanol–water partition coefficient (Wildman–Crippen LogP) is 2.66. The lowest BCUT2D eigenvalue weighted by Crippen LogP contribution is -2.46. The molecule has 1 saturated heterocycles. The Kier molecular flexibility index (Phi) is 4.99. The summed E-state index contributed by atoms with van der Waals surface area (Å²) in [6.45, 7) is 5.30. The van der Waals surface area contributed by atoms with Gasteiger partial charge < -0.3 is 14.7 Å². The third-order valence-corrected chi connectivity index (χ3v) is 5.47. The summed E-state index contributed by atoms with van der Waals surface area (Å²) in [7, 11) is 0. The van der Waals surface area contributed by atoms with Crippen LogP contribution in [0, 0.1) is 0 Å². The van der Waals surface area contributed by atoms with Gasteiger partial charge in [0.15, 0.2) is 11.5 Å². The minimum absolute atomic E-state index is 0.105. The number of ether oxygens (including phenoxy) is 1. The maximum Gasteiger partial charge on any atom is 0.240 e. The zero-order valence-electron chi connectivity index (χ0n) is 15.6. The van der Waals surface area contributed by atoms with Gasteiger partial charge in [0.05, 0.1) is 12.6 Å². The maximum atomic E-state index is 13.0. The van der Waals surface area contributed by atoms with E-state index >= 15 is 0 Å². The molecule has 0 radical (unpaired) electrons. The van der Waals surface area contributed by atoms with Crippen molar-refractivity contribution in [1.82, 2.24) is 14.8 Å². The second-order valence-corrected chi connectivity index (χ2v) is 7.25. The van der Waals surface area contributed by atoms with Gasteiger partial charge in [-0.3, -0.25) is 14.7 Å². The first-order chi connectivity index (χ1) is 13.1. The molecule has 2 aliphatic heterocycles. The second-order valence-electron chi connectivity index (χ2n) is 7.25. The SMILES string of the molecule is CC(C(=O)N1CCOc2c(O)cc(-c3cccnc3)cc2C1)N1CCCC1. The Hall–Kier alpha value is -2.60. The fourth-order valence-electron chi connectivity index (χ4n) is 3.94. The van der Waals surface area contributed by atoms with Crippen molar-refractivity contribution >= 4 is 5.91 Å². The molecular formula is C21H25N3O3. The van der Waals surface area contributed by atoms with Crippen molar-refractivity contribution in [3.8, 4) is 22.6 Å². The average Bonchev–Trinajstić information content (AvgIpc) is 3.14. The van der Waals surface area contributed by atoms with Gasteiger partial charge >= 0.3 is 0 Å². The molecule has 6 heteroatoms. The number of benzene rings is 1. The largest absolute Gasteiger partial charge is 0.504 e. The van der Waals surface area contributed by atoms with Crippen LogP contribution in [0.3, 0.4) is 0 Å². The van der Waals surface area contributed by atoms with E-state index in [4.69, 9.17) is 4.74 Å². The fourth-order valence-corrected chi connectivity index (χ4v) is 3.94. The molecule has 1 aromatic heterocycles. The molecule has 2 aromatic rings. The molecule has 1 aromatic carbocycles. The lowest BCUT2D eigenvalue weighted by Gasteiger charge is -2.29. The van der Waals surface area contributed by atoms with Crippen molar-refractivity contribution in [1.29, 1.82) is 0 Å². The highest BCUT2D eigenvalue weighted by atomic mass is 16.5. The number of amides is 1.